The molecule has 9 atom stereocenters. The molecule has 0 radical (unpaired) electrons. The number of hydrogen-bond donors (Lipinski definition) is 2. The minimum atomic E-state index is -0.875. The van der Waals surface area contributed by atoms with Gasteiger partial charge in [-0.15, -0.1) is 0 Å². The lowest BCUT2D eigenvalue weighted by molar-refractivity contribution is -0.344. The van der Waals surface area contributed by atoms with Gasteiger partial charge in [0.1, 0.15) is 0 Å². The zero-order chi connectivity index (χ0) is 18.9. The van der Waals surface area contributed by atoms with E-state index < -0.39 is 11.9 Å². The standard InChI is InChI=1S/C23H36O3/c1-6-17(7-13(2)3)21(24)26-23-11-14(4)8-19-20(23)10-16-9-18(23)15(5)22(19,25)12-16/h6-7,14-16,18-21,24-25H,8-12H2,1-5H3/b17-6+/t14?,15?,16?,18?,19-,20?,21?,22?,23?/m0/s1. The SMILES string of the molecule is C/C=C(\C=C(C)C)C(O)OC12CC(C)C[C@H]3C1CC1CC2C(C)C3(O)C1. The van der Waals surface area contributed by atoms with Crippen molar-refractivity contribution in [1.29, 1.82) is 0 Å². The molecule has 3 nitrogen and oxygen atoms in total. The summed E-state index contributed by atoms with van der Waals surface area (Å²) in [5.74, 6) is 2.54. The molecule has 0 amide bonds. The molecule has 5 fully saturated rings. The summed E-state index contributed by atoms with van der Waals surface area (Å²) in [6.45, 7) is 10.6. The van der Waals surface area contributed by atoms with Gasteiger partial charge in [0.25, 0.3) is 0 Å². The predicted molar refractivity (Wildman–Crippen MR) is 103 cm³/mol. The van der Waals surface area contributed by atoms with Crippen LogP contribution in [-0.4, -0.2) is 27.7 Å². The van der Waals surface area contributed by atoms with Crippen molar-refractivity contribution in [2.75, 3.05) is 0 Å². The highest BCUT2D eigenvalue weighted by Gasteiger charge is 2.72. The topological polar surface area (TPSA) is 49.7 Å². The highest BCUT2D eigenvalue weighted by atomic mass is 16.6. The first kappa shape index (κ1) is 18.7. The summed E-state index contributed by atoms with van der Waals surface area (Å²) >= 11 is 0. The van der Waals surface area contributed by atoms with E-state index in [2.05, 4.69) is 13.8 Å². The molecular formula is C23H36O3. The molecule has 5 rings (SSSR count). The van der Waals surface area contributed by atoms with Crippen LogP contribution < -0.4 is 0 Å². The molecule has 0 saturated heterocycles. The summed E-state index contributed by atoms with van der Waals surface area (Å²) in [5, 5.41) is 22.6. The maximum Gasteiger partial charge on any atom is 0.181 e. The van der Waals surface area contributed by atoms with Gasteiger partial charge in [-0.1, -0.05) is 31.6 Å². The van der Waals surface area contributed by atoms with Gasteiger partial charge in [0.15, 0.2) is 6.29 Å². The van der Waals surface area contributed by atoms with E-state index in [1.54, 1.807) is 0 Å². The highest BCUT2D eigenvalue weighted by molar-refractivity contribution is 5.26. The van der Waals surface area contributed by atoms with E-state index in [9.17, 15) is 10.2 Å². The molecule has 5 saturated carbocycles. The second kappa shape index (κ2) is 6.18. The van der Waals surface area contributed by atoms with Crippen LogP contribution in [0.1, 0.15) is 66.7 Å². The maximum absolute atomic E-state index is 11.6. The third-order valence-electron chi connectivity index (χ3n) is 8.29. The van der Waals surface area contributed by atoms with E-state index in [-0.39, 0.29) is 11.5 Å². The van der Waals surface area contributed by atoms with Crippen LogP contribution in [0.5, 0.6) is 0 Å². The van der Waals surface area contributed by atoms with Gasteiger partial charge < -0.3 is 14.9 Å². The van der Waals surface area contributed by atoms with E-state index in [1.165, 1.54) is 12.0 Å². The fraction of sp³-hybridized carbons (Fsp3) is 0.826. The average molecular weight is 361 g/mol. The predicted octanol–water partition coefficient (Wildman–Crippen LogP) is 4.45. The maximum atomic E-state index is 11.6. The molecule has 0 aliphatic heterocycles. The van der Waals surface area contributed by atoms with Crippen LogP contribution in [0.4, 0.5) is 0 Å². The van der Waals surface area contributed by atoms with Crippen LogP contribution in [-0.2, 0) is 4.74 Å². The third kappa shape index (κ3) is 2.50. The van der Waals surface area contributed by atoms with E-state index in [1.807, 2.05) is 32.9 Å². The lowest BCUT2D eigenvalue weighted by Crippen LogP contribution is -2.75. The number of aliphatic hydroxyl groups excluding tert-OH is 1. The molecular weight excluding hydrogens is 324 g/mol. The molecule has 8 unspecified atom stereocenters. The fourth-order valence-corrected chi connectivity index (χ4v) is 7.48. The Labute approximate surface area is 158 Å². The lowest BCUT2D eigenvalue weighted by Gasteiger charge is -2.72. The largest absolute Gasteiger partial charge is 0.389 e. The minimum Gasteiger partial charge on any atom is -0.389 e. The molecule has 3 heteroatoms. The monoisotopic (exact) mass is 360 g/mol. The smallest absolute Gasteiger partial charge is 0.181 e. The summed E-state index contributed by atoms with van der Waals surface area (Å²) in [5.41, 5.74) is 1.25. The van der Waals surface area contributed by atoms with E-state index in [0.29, 0.717) is 29.6 Å². The fourth-order valence-electron chi connectivity index (χ4n) is 7.48. The molecule has 0 aromatic carbocycles. The van der Waals surface area contributed by atoms with E-state index in [0.717, 1.165) is 31.3 Å². The van der Waals surface area contributed by atoms with Crippen LogP contribution >= 0.6 is 0 Å². The van der Waals surface area contributed by atoms with Crippen molar-refractivity contribution in [2.45, 2.75) is 84.2 Å². The number of ether oxygens (including phenoxy) is 1. The first-order valence-corrected chi connectivity index (χ1v) is 10.6. The molecule has 0 heterocycles. The second-order valence-electron chi connectivity index (χ2n) is 10.1. The normalized spacial score (nSPS) is 50.7. The Balaban J connectivity index is 1.71. The summed E-state index contributed by atoms with van der Waals surface area (Å²) in [4.78, 5) is 0. The van der Waals surface area contributed by atoms with Crippen LogP contribution in [0, 0.1) is 35.5 Å². The van der Waals surface area contributed by atoms with Crippen molar-refractivity contribution < 1.29 is 14.9 Å². The summed E-state index contributed by atoms with van der Waals surface area (Å²) in [6.07, 6.45) is 8.55. The molecule has 0 aromatic rings. The van der Waals surface area contributed by atoms with Crippen molar-refractivity contribution in [3.63, 3.8) is 0 Å². The highest BCUT2D eigenvalue weighted by Crippen LogP contribution is 2.70. The van der Waals surface area contributed by atoms with Gasteiger partial charge in [-0.05, 0) is 88.4 Å². The van der Waals surface area contributed by atoms with Crippen molar-refractivity contribution in [1.82, 2.24) is 0 Å². The molecule has 2 N–H and O–H groups in total. The summed E-state index contributed by atoms with van der Waals surface area (Å²) in [7, 11) is 0. The molecule has 6 bridgehead atoms. The van der Waals surface area contributed by atoms with Crippen LogP contribution in [0.2, 0.25) is 0 Å². The van der Waals surface area contributed by atoms with Gasteiger partial charge in [0, 0.05) is 5.57 Å². The summed E-state index contributed by atoms with van der Waals surface area (Å²) in [6, 6.07) is 0. The quantitative estimate of drug-likeness (QED) is 0.575. The molecule has 0 aromatic heterocycles. The van der Waals surface area contributed by atoms with Crippen LogP contribution in [0.15, 0.2) is 23.3 Å². The third-order valence-corrected chi connectivity index (χ3v) is 8.29. The number of hydrogen-bond acceptors (Lipinski definition) is 3. The Kier molecular flexibility index (Phi) is 4.45. The van der Waals surface area contributed by atoms with E-state index in [4.69, 9.17) is 4.74 Å². The number of allylic oxidation sites excluding steroid dienone is 2. The van der Waals surface area contributed by atoms with Gasteiger partial charge in [0.05, 0.1) is 11.2 Å². The van der Waals surface area contributed by atoms with Gasteiger partial charge >= 0.3 is 0 Å². The van der Waals surface area contributed by atoms with Crippen molar-refractivity contribution >= 4 is 0 Å². The Bertz CT molecular complexity index is 623. The summed E-state index contributed by atoms with van der Waals surface area (Å²) < 4.78 is 6.66. The Morgan fingerprint density at radius 3 is 2.42 bits per heavy atom. The number of rotatable bonds is 4. The van der Waals surface area contributed by atoms with Crippen LogP contribution in [0.3, 0.4) is 0 Å². The zero-order valence-electron chi connectivity index (χ0n) is 17.0. The zero-order valence-corrected chi connectivity index (χ0v) is 17.0. The molecule has 5 aliphatic carbocycles. The Hall–Kier alpha value is -0.640. The first-order chi connectivity index (χ1) is 12.2. The van der Waals surface area contributed by atoms with Gasteiger partial charge in [-0.2, -0.15) is 0 Å². The molecule has 146 valence electrons. The van der Waals surface area contributed by atoms with Gasteiger partial charge in [0.2, 0.25) is 0 Å². The van der Waals surface area contributed by atoms with E-state index >= 15 is 0 Å². The van der Waals surface area contributed by atoms with Gasteiger partial charge in [-0.3, -0.25) is 0 Å². The lowest BCUT2D eigenvalue weighted by atomic mass is 9.37. The second-order valence-corrected chi connectivity index (χ2v) is 10.1. The van der Waals surface area contributed by atoms with Crippen molar-refractivity contribution in [3.8, 4) is 0 Å². The Morgan fingerprint density at radius 2 is 1.77 bits per heavy atom. The Morgan fingerprint density at radius 1 is 1.08 bits per heavy atom. The van der Waals surface area contributed by atoms with Gasteiger partial charge in [-0.25, -0.2) is 0 Å². The van der Waals surface area contributed by atoms with Crippen molar-refractivity contribution in [3.05, 3.63) is 23.3 Å². The first-order valence-electron chi connectivity index (χ1n) is 10.6. The molecule has 26 heavy (non-hydrogen) atoms. The molecule has 0 spiro atoms. The molecule has 5 aliphatic rings. The van der Waals surface area contributed by atoms with Crippen LogP contribution in [0.25, 0.3) is 0 Å². The minimum absolute atomic E-state index is 0.262. The number of aliphatic hydroxyl groups is 2. The average Bonchev–Trinajstić information content (AvgIpc) is 2.56. The van der Waals surface area contributed by atoms with Crippen molar-refractivity contribution in [2.24, 2.45) is 35.5 Å².